The summed E-state index contributed by atoms with van der Waals surface area (Å²) in [4.78, 5) is 13.4. The first-order valence-corrected chi connectivity index (χ1v) is 7.79. The van der Waals surface area contributed by atoms with Crippen molar-refractivity contribution in [2.45, 2.75) is 32.1 Å². The Morgan fingerprint density at radius 3 is 2.95 bits per heavy atom. The van der Waals surface area contributed by atoms with Crippen molar-refractivity contribution in [2.75, 3.05) is 6.54 Å². The van der Waals surface area contributed by atoms with Crippen LogP contribution in [0.2, 0.25) is 0 Å². The fourth-order valence-electron chi connectivity index (χ4n) is 2.23. The standard InChI is InChI=1S/C15H18N2O2S/c1-10(2)9-16-14(18)15(5-6-15)13-8-11(19-17-13)12-4-3-7-20-12/h3-4,7-8,10H,5-6,9H2,1-2H3,(H,16,18). The normalized spacial score (nSPS) is 16.4. The lowest BCUT2D eigenvalue weighted by Crippen LogP contribution is -2.36. The topological polar surface area (TPSA) is 55.1 Å². The monoisotopic (exact) mass is 290 g/mol. The zero-order chi connectivity index (χ0) is 14.2. The lowest BCUT2D eigenvalue weighted by atomic mass is 10.0. The van der Waals surface area contributed by atoms with E-state index in [0.717, 1.165) is 29.2 Å². The number of aromatic nitrogens is 1. The third-order valence-electron chi connectivity index (χ3n) is 3.62. The summed E-state index contributed by atoms with van der Waals surface area (Å²) < 4.78 is 5.39. The maximum Gasteiger partial charge on any atom is 0.232 e. The van der Waals surface area contributed by atoms with Gasteiger partial charge in [0.1, 0.15) is 0 Å². The maximum atomic E-state index is 12.3. The second-order valence-corrected chi connectivity index (χ2v) is 6.69. The zero-order valence-corrected chi connectivity index (χ0v) is 12.5. The van der Waals surface area contributed by atoms with E-state index in [1.165, 1.54) is 0 Å². The second kappa shape index (κ2) is 5.05. The number of hydrogen-bond donors (Lipinski definition) is 1. The summed E-state index contributed by atoms with van der Waals surface area (Å²) in [5.74, 6) is 1.28. The van der Waals surface area contributed by atoms with Crippen LogP contribution in [0.1, 0.15) is 32.4 Å². The molecule has 2 heterocycles. The SMILES string of the molecule is CC(C)CNC(=O)C1(c2cc(-c3cccs3)on2)CC1. The van der Waals surface area contributed by atoms with Crippen molar-refractivity contribution < 1.29 is 9.32 Å². The van der Waals surface area contributed by atoms with E-state index in [1.54, 1.807) is 11.3 Å². The van der Waals surface area contributed by atoms with Gasteiger partial charge in [-0.15, -0.1) is 11.3 Å². The van der Waals surface area contributed by atoms with E-state index in [1.807, 2.05) is 23.6 Å². The fraction of sp³-hybridized carbons (Fsp3) is 0.467. The lowest BCUT2D eigenvalue weighted by molar-refractivity contribution is -0.123. The van der Waals surface area contributed by atoms with Crippen LogP contribution < -0.4 is 5.32 Å². The van der Waals surface area contributed by atoms with Gasteiger partial charge in [0.15, 0.2) is 5.76 Å². The Bertz CT molecular complexity index is 597. The van der Waals surface area contributed by atoms with E-state index in [0.29, 0.717) is 12.5 Å². The minimum absolute atomic E-state index is 0.0808. The fourth-order valence-corrected chi connectivity index (χ4v) is 2.90. The van der Waals surface area contributed by atoms with Gasteiger partial charge in [-0.2, -0.15) is 0 Å². The van der Waals surface area contributed by atoms with Gasteiger partial charge < -0.3 is 9.84 Å². The third-order valence-corrected chi connectivity index (χ3v) is 4.50. The van der Waals surface area contributed by atoms with Crippen LogP contribution in [-0.4, -0.2) is 17.6 Å². The second-order valence-electron chi connectivity index (χ2n) is 5.74. The molecular formula is C15H18N2O2S. The van der Waals surface area contributed by atoms with Gasteiger partial charge >= 0.3 is 0 Å². The Morgan fingerprint density at radius 2 is 2.35 bits per heavy atom. The molecule has 5 heteroatoms. The molecule has 106 valence electrons. The summed E-state index contributed by atoms with van der Waals surface area (Å²) in [6.45, 7) is 4.88. The van der Waals surface area contributed by atoms with Crippen molar-refractivity contribution in [3.63, 3.8) is 0 Å². The van der Waals surface area contributed by atoms with Gasteiger partial charge in [0.05, 0.1) is 16.0 Å². The van der Waals surface area contributed by atoms with Gasteiger partial charge in [-0.1, -0.05) is 25.1 Å². The third kappa shape index (κ3) is 2.38. The predicted octanol–water partition coefficient (Wildman–Crippen LogP) is 3.21. The summed E-state index contributed by atoms with van der Waals surface area (Å²) in [6.07, 6.45) is 1.71. The molecule has 1 fully saturated rings. The molecule has 0 bridgehead atoms. The van der Waals surface area contributed by atoms with Crippen LogP contribution >= 0.6 is 11.3 Å². The molecule has 1 aliphatic carbocycles. The minimum Gasteiger partial charge on any atom is -0.355 e. The largest absolute Gasteiger partial charge is 0.355 e. The van der Waals surface area contributed by atoms with Gasteiger partial charge in [-0.3, -0.25) is 4.79 Å². The van der Waals surface area contributed by atoms with E-state index in [-0.39, 0.29) is 5.91 Å². The summed E-state index contributed by atoms with van der Waals surface area (Å²) in [5.41, 5.74) is 0.315. The Balaban J connectivity index is 1.77. The molecule has 0 radical (unpaired) electrons. The number of rotatable bonds is 5. The van der Waals surface area contributed by atoms with Crippen LogP contribution in [0.4, 0.5) is 0 Å². The van der Waals surface area contributed by atoms with Crippen molar-refractivity contribution in [2.24, 2.45) is 5.92 Å². The van der Waals surface area contributed by atoms with E-state index in [9.17, 15) is 4.79 Å². The van der Waals surface area contributed by atoms with E-state index in [2.05, 4.69) is 24.3 Å². The molecule has 0 spiro atoms. The van der Waals surface area contributed by atoms with Gasteiger partial charge in [-0.05, 0) is 30.2 Å². The first-order valence-electron chi connectivity index (χ1n) is 6.91. The van der Waals surface area contributed by atoms with Crippen molar-refractivity contribution in [3.8, 4) is 10.6 Å². The van der Waals surface area contributed by atoms with Crippen LogP contribution in [-0.2, 0) is 10.2 Å². The summed E-state index contributed by atoms with van der Waals surface area (Å²) in [5, 5.41) is 9.13. The minimum atomic E-state index is -0.450. The van der Waals surface area contributed by atoms with Gasteiger partial charge in [0.2, 0.25) is 5.91 Å². The van der Waals surface area contributed by atoms with Crippen LogP contribution in [0.5, 0.6) is 0 Å². The Labute approximate surface area is 122 Å². The van der Waals surface area contributed by atoms with Crippen LogP contribution in [0.15, 0.2) is 28.1 Å². The number of hydrogen-bond acceptors (Lipinski definition) is 4. The highest BCUT2D eigenvalue weighted by Gasteiger charge is 2.53. The Kier molecular flexibility index (Phi) is 3.38. The number of thiophene rings is 1. The van der Waals surface area contributed by atoms with Gasteiger partial charge in [0.25, 0.3) is 0 Å². The molecule has 1 N–H and O–H groups in total. The Hall–Kier alpha value is -1.62. The summed E-state index contributed by atoms with van der Waals surface area (Å²) in [7, 11) is 0. The molecule has 0 aromatic carbocycles. The lowest BCUT2D eigenvalue weighted by Gasteiger charge is -2.13. The highest BCUT2D eigenvalue weighted by molar-refractivity contribution is 7.13. The maximum absolute atomic E-state index is 12.3. The highest BCUT2D eigenvalue weighted by Crippen LogP contribution is 2.48. The molecule has 1 amide bonds. The number of nitrogens with zero attached hydrogens (tertiary/aromatic N) is 1. The highest BCUT2D eigenvalue weighted by atomic mass is 32.1. The quantitative estimate of drug-likeness (QED) is 0.920. The summed E-state index contributed by atoms with van der Waals surface area (Å²) >= 11 is 1.61. The first-order chi connectivity index (χ1) is 9.62. The van der Waals surface area contributed by atoms with E-state index >= 15 is 0 Å². The molecule has 2 aromatic rings. The van der Waals surface area contributed by atoms with Crippen molar-refractivity contribution in [1.82, 2.24) is 10.5 Å². The molecule has 1 aliphatic rings. The predicted molar refractivity (Wildman–Crippen MR) is 78.6 cm³/mol. The number of carbonyl (C=O) groups is 1. The van der Waals surface area contributed by atoms with Crippen LogP contribution in [0.25, 0.3) is 10.6 Å². The van der Waals surface area contributed by atoms with Crippen LogP contribution in [0.3, 0.4) is 0 Å². The molecular weight excluding hydrogens is 272 g/mol. The van der Waals surface area contributed by atoms with E-state index < -0.39 is 5.41 Å². The molecule has 4 nitrogen and oxygen atoms in total. The number of amides is 1. The molecule has 0 aliphatic heterocycles. The zero-order valence-electron chi connectivity index (χ0n) is 11.7. The molecule has 0 unspecified atom stereocenters. The molecule has 1 saturated carbocycles. The number of carbonyl (C=O) groups excluding carboxylic acids is 1. The molecule has 20 heavy (non-hydrogen) atoms. The molecule has 2 aromatic heterocycles. The number of nitrogens with one attached hydrogen (secondary N) is 1. The average Bonchev–Trinajstić information content (AvgIpc) is 2.89. The Morgan fingerprint density at radius 1 is 1.55 bits per heavy atom. The smallest absolute Gasteiger partial charge is 0.232 e. The van der Waals surface area contributed by atoms with Crippen molar-refractivity contribution in [3.05, 3.63) is 29.3 Å². The van der Waals surface area contributed by atoms with Gasteiger partial charge in [0, 0.05) is 12.6 Å². The molecule has 0 atom stereocenters. The van der Waals surface area contributed by atoms with E-state index in [4.69, 9.17) is 4.52 Å². The average molecular weight is 290 g/mol. The first kappa shape index (κ1) is 13.4. The molecule has 0 saturated heterocycles. The molecule has 3 rings (SSSR count). The van der Waals surface area contributed by atoms with Crippen LogP contribution in [0, 0.1) is 5.92 Å². The van der Waals surface area contributed by atoms with Crippen molar-refractivity contribution in [1.29, 1.82) is 0 Å². The van der Waals surface area contributed by atoms with Gasteiger partial charge in [-0.25, -0.2) is 0 Å². The summed E-state index contributed by atoms with van der Waals surface area (Å²) in [6, 6.07) is 5.88. The van der Waals surface area contributed by atoms with Crippen molar-refractivity contribution >= 4 is 17.2 Å².